The van der Waals surface area contributed by atoms with Crippen LogP contribution in [0, 0.1) is 11.6 Å². The van der Waals surface area contributed by atoms with E-state index in [-0.39, 0.29) is 5.91 Å². The predicted octanol–water partition coefficient (Wildman–Crippen LogP) is 4.87. The Morgan fingerprint density at radius 1 is 1.04 bits per heavy atom. The largest absolute Gasteiger partial charge is 0.322 e. The Balaban J connectivity index is 1.59. The van der Waals surface area contributed by atoms with Gasteiger partial charge in [0.2, 0.25) is 0 Å². The maximum Gasteiger partial charge on any atom is 0.268 e. The van der Waals surface area contributed by atoms with Gasteiger partial charge in [0, 0.05) is 17.9 Å². The minimum Gasteiger partial charge on any atom is -0.322 e. The third-order valence-electron chi connectivity index (χ3n) is 4.62. The van der Waals surface area contributed by atoms with Gasteiger partial charge >= 0.3 is 0 Å². The van der Waals surface area contributed by atoms with E-state index in [0.717, 1.165) is 36.2 Å². The number of anilines is 2. The highest BCUT2D eigenvalue weighted by molar-refractivity contribution is 7.12. The lowest BCUT2D eigenvalue weighted by Gasteiger charge is -2.29. The van der Waals surface area contributed by atoms with Crippen LogP contribution in [0.15, 0.2) is 53.9 Å². The molecular formula is C21H16F2N2O2S. The van der Waals surface area contributed by atoms with Crippen LogP contribution in [0.25, 0.3) is 0 Å². The minimum atomic E-state index is -0.914. The van der Waals surface area contributed by atoms with Crippen molar-refractivity contribution in [2.45, 2.75) is 12.8 Å². The van der Waals surface area contributed by atoms with E-state index in [4.69, 9.17) is 0 Å². The highest BCUT2D eigenvalue weighted by Crippen LogP contribution is 2.31. The first-order chi connectivity index (χ1) is 13.5. The van der Waals surface area contributed by atoms with Crippen LogP contribution in [0.4, 0.5) is 20.2 Å². The Morgan fingerprint density at radius 3 is 2.54 bits per heavy atom. The first-order valence-corrected chi connectivity index (χ1v) is 9.66. The molecule has 142 valence electrons. The van der Waals surface area contributed by atoms with Gasteiger partial charge < -0.3 is 10.2 Å². The summed E-state index contributed by atoms with van der Waals surface area (Å²) in [5.74, 6) is -2.73. The summed E-state index contributed by atoms with van der Waals surface area (Å²) >= 11 is 1.39. The van der Waals surface area contributed by atoms with E-state index < -0.39 is 23.1 Å². The molecule has 0 aliphatic carbocycles. The number of thiophene rings is 1. The molecule has 1 aliphatic rings. The van der Waals surface area contributed by atoms with Gasteiger partial charge in [-0.2, -0.15) is 0 Å². The molecule has 0 fully saturated rings. The number of carbonyl (C=O) groups excluding carboxylic acids is 2. The van der Waals surface area contributed by atoms with Crippen LogP contribution in [-0.2, 0) is 6.42 Å². The first-order valence-electron chi connectivity index (χ1n) is 8.78. The number of carbonyl (C=O) groups is 2. The van der Waals surface area contributed by atoms with Crippen LogP contribution in [0.2, 0.25) is 0 Å². The number of halogens is 2. The van der Waals surface area contributed by atoms with Crippen LogP contribution in [-0.4, -0.2) is 18.4 Å². The molecule has 0 saturated heterocycles. The molecule has 0 atom stereocenters. The van der Waals surface area contributed by atoms with Crippen LogP contribution in [0.3, 0.4) is 0 Å². The fraction of sp³-hybridized carbons (Fsp3) is 0.143. The van der Waals surface area contributed by atoms with Crippen LogP contribution >= 0.6 is 11.3 Å². The summed E-state index contributed by atoms with van der Waals surface area (Å²) in [5, 5.41) is 4.40. The summed E-state index contributed by atoms with van der Waals surface area (Å²) in [4.78, 5) is 27.4. The van der Waals surface area contributed by atoms with Gasteiger partial charge in [-0.3, -0.25) is 9.59 Å². The molecule has 3 aromatic rings. The van der Waals surface area contributed by atoms with E-state index in [9.17, 15) is 18.4 Å². The molecule has 2 amide bonds. The second-order valence-corrected chi connectivity index (χ2v) is 7.38. The van der Waals surface area contributed by atoms with Crippen molar-refractivity contribution in [3.05, 3.63) is 81.5 Å². The number of benzene rings is 2. The summed E-state index contributed by atoms with van der Waals surface area (Å²) in [7, 11) is 0. The van der Waals surface area contributed by atoms with Crippen LogP contribution < -0.4 is 10.2 Å². The van der Waals surface area contributed by atoms with Gasteiger partial charge in [-0.15, -0.1) is 11.3 Å². The van der Waals surface area contributed by atoms with Crippen molar-refractivity contribution in [2.24, 2.45) is 0 Å². The van der Waals surface area contributed by atoms with E-state index >= 15 is 0 Å². The monoisotopic (exact) mass is 398 g/mol. The molecule has 2 heterocycles. The smallest absolute Gasteiger partial charge is 0.268 e. The molecule has 7 heteroatoms. The van der Waals surface area contributed by atoms with Crippen molar-refractivity contribution >= 4 is 34.5 Å². The summed E-state index contributed by atoms with van der Waals surface area (Å²) in [6, 6.07) is 12.1. The normalized spacial score (nSPS) is 13.1. The highest BCUT2D eigenvalue weighted by Gasteiger charge is 2.25. The summed E-state index contributed by atoms with van der Waals surface area (Å²) in [6.07, 6.45) is 1.55. The zero-order chi connectivity index (χ0) is 19.7. The van der Waals surface area contributed by atoms with Gasteiger partial charge in [0.25, 0.3) is 11.8 Å². The lowest BCUT2D eigenvalue weighted by atomic mass is 10.0. The number of fused-ring (bicyclic) bond motifs is 1. The number of rotatable bonds is 3. The van der Waals surface area contributed by atoms with Crippen molar-refractivity contribution < 1.29 is 18.4 Å². The summed E-state index contributed by atoms with van der Waals surface area (Å²) in [5.41, 5.74) is 1.51. The van der Waals surface area contributed by atoms with E-state index in [1.165, 1.54) is 17.4 Å². The van der Waals surface area contributed by atoms with Gasteiger partial charge in [0.15, 0.2) is 0 Å². The third kappa shape index (κ3) is 3.41. The van der Waals surface area contributed by atoms with Crippen molar-refractivity contribution in [1.29, 1.82) is 0 Å². The number of amides is 2. The van der Waals surface area contributed by atoms with E-state index in [1.807, 2.05) is 11.4 Å². The van der Waals surface area contributed by atoms with Gasteiger partial charge in [-0.1, -0.05) is 12.1 Å². The molecule has 0 saturated carbocycles. The van der Waals surface area contributed by atoms with Gasteiger partial charge in [0.1, 0.15) is 17.2 Å². The van der Waals surface area contributed by atoms with Crippen LogP contribution in [0.1, 0.15) is 32.0 Å². The molecule has 4 nitrogen and oxygen atoms in total. The zero-order valence-electron chi connectivity index (χ0n) is 14.7. The zero-order valence-corrected chi connectivity index (χ0v) is 15.6. The molecule has 0 bridgehead atoms. The van der Waals surface area contributed by atoms with Crippen molar-refractivity contribution in [3.8, 4) is 0 Å². The Morgan fingerprint density at radius 2 is 1.82 bits per heavy atom. The quantitative estimate of drug-likeness (QED) is 0.684. The fourth-order valence-electron chi connectivity index (χ4n) is 3.33. The number of hydrogen-bond acceptors (Lipinski definition) is 3. The van der Waals surface area contributed by atoms with Gasteiger partial charge in [-0.05, 0) is 60.2 Å². The number of hydrogen-bond donors (Lipinski definition) is 1. The third-order valence-corrected chi connectivity index (χ3v) is 5.48. The number of nitrogens with zero attached hydrogens (tertiary/aromatic N) is 1. The molecule has 4 rings (SSSR count). The molecule has 1 aromatic heterocycles. The summed E-state index contributed by atoms with van der Waals surface area (Å²) in [6.45, 7) is 0.621. The molecule has 28 heavy (non-hydrogen) atoms. The minimum absolute atomic E-state index is 0.0545. The molecule has 0 spiro atoms. The van der Waals surface area contributed by atoms with Gasteiger partial charge in [0.05, 0.1) is 4.88 Å². The van der Waals surface area contributed by atoms with Crippen molar-refractivity contribution in [3.63, 3.8) is 0 Å². The molecule has 0 unspecified atom stereocenters. The Labute approximate surface area is 164 Å². The second kappa shape index (κ2) is 7.52. The number of nitrogens with one attached hydrogen (secondary N) is 1. The topological polar surface area (TPSA) is 49.4 Å². The molecular weight excluding hydrogens is 382 g/mol. The first kappa shape index (κ1) is 18.3. The Kier molecular flexibility index (Phi) is 4.92. The lowest BCUT2D eigenvalue weighted by Crippen LogP contribution is -2.35. The second-order valence-electron chi connectivity index (χ2n) is 6.43. The van der Waals surface area contributed by atoms with Crippen LogP contribution in [0.5, 0.6) is 0 Å². The average molecular weight is 398 g/mol. The maximum absolute atomic E-state index is 13.8. The standard InChI is InChI=1S/C21H16F2N2O2S/c22-15-5-1-6-16(23)19(15)20(26)24-14-8-9-17-13(12-14)4-2-10-25(17)21(27)18-7-3-11-28-18/h1,3,5-9,11-12H,2,4,10H2,(H,24,26). The molecule has 0 radical (unpaired) electrons. The average Bonchev–Trinajstić information content (AvgIpc) is 3.21. The highest BCUT2D eigenvalue weighted by atomic mass is 32.1. The predicted molar refractivity (Wildman–Crippen MR) is 105 cm³/mol. The SMILES string of the molecule is O=C(Nc1ccc2c(c1)CCCN2C(=O)c1cccs1)c1c(F)cccc1F. The van der Waals surface area contributed by atoms with Crippen molar-refractivity contribution in [2.75, 3.05) is 16.8 Å². The maximum atomic E-state index is 13.8. The summed E-state index contributed by atoms with van der Waals surface area (Å²) < 4.78 is 27.6. The van der Waals surface area contributed by atoms with E-state index in [1.54, 1.807) is 29.2 Å². The van der Waals surface area contributed by atoms with E-state index in [2.05, 4.69) is 5.32 Å². The molecule has 1 N–H and O–H groups in total. The fourth-order valence-corrected chi connectivity index (χ4v) is 4.00. The van der Waals surface area contributed by atoms with Gasteiger partial charge in [-0.25, -0.2) is 8.78 Å². The number of aryl methyl sites for hydroxylation is 1. The Hall–Kier alpha value is -3.06. The van der Waals surface area contributed by atoms with E-state index in [0.29, 0.717) is 17.1 Å². The lowest BCUT2D eigenvalue weighted by molar-refractivity contribution is 0.0986. The molecule has 2 aromatic carbocycles. The van der Waals surface area contributed by atoms with Crippen molar-refractivity contribution in [1.82, 2.24) is 0 Å². The Bertz CT molecular complexity index is 1030. The molecule has 1 aliphatic heterocycles.